The van der Waals surface area contributed by atoms with Gasteiger partial charge in [0.2, 0.25) is 0 Å². The van der Waals surface area contributed by atoms with E-state index in [0.29, 0.717) is 5.92 Å². The average Bonchev–Trinajstić information content (AvgIpc) is 2.68. The average molecular weight is 214 g/mol. The van der Waals surface area contributed by atoms with Crippen LogP contribution in [0.4, 0.5) is 0 Å². The molecule has 0 unspecified atom stereocenters. The zero-order chi connectivity index (χ0) is 10.7. The fourth-order valence-electron chi connectivity index (χ4n) is 1.70. The molecule has 2 rings (SSSR count). The van der Waals surface area contributed by atoms with Gasteiger partial charge in [0.1, 0.15) is 0 Å². The third-order valence-corrected chi connectivity index (χ3v) is 3.55. The summed E-state index contributed by atoms with van der Waals surface area (Å²) in [6.45, 7) is 6.07. The zero-order valence-electron chi connectivity index (χ0n) is 8.81. The van der Waals surface area contributed by atoms with E-state index in [2.05, 4.69) is 49.9 Å². The van der Waals surface area contributed by atoms with Crippen molar-refractivity contribution < 1.29 is 0 Å². The fourth-order valence-corrected chi connectivity index (χ4v) is 2.70. The summed E-state index contributed by atoms with van der Waals surface area (Å²) in [5.74, 6) is 0.338. The van der Waals surface area contributed by atoms with Crippen molar-refractivity contribution in [2.24, 2.45) is 0 Å². The lowest BCUT2D eigenvalue weighted by atomic mass is 9.98. The van der Waals surface area contributed by atoms with Gasteiger partial charge in [-0.05, 0) is 24.6 Å². The lowest BCUT2D eigenvalue weighted by molar-refractivity contribution is 1.06. The maximum absolute atomic E-state index is 3.93. The Bertz CT molecular complexity index is 439. The number of aryl methyl sites for hydroxylation is 1. The monoisotopic (exact) mass is 214 g/mol. The molecule has 0 spiro atoms. The van der Waals surface area contributed by atoms with Crippen molar-refractivity contribution in [1.29, 1.82) is 0 Å². The van der Waals surface area contributed by atoms with Crippen molar-refractivity contribution in [3.05, 3.63) is 70.4 Å². The molecule has 0 N–H and O–H groups in total. The maximum atomic E-state index is 3.93. The van der Waals surface area contributed by atoms with Crippen molar-refractivity contribution in [1.82, 2.24) is 0 Å². The van der Waals surface area contributed by atoms with E-state index in [-0.39, 0.29) is 0 Å². The predicted octanol–water partition coefficient (Wildman–Crippen LogP) is 4.37. The first-order valence-corrected chi connectivity index (χ1v) is 5.87. The predicted molar refractivity (Wildman–Crippen MR) is 67.5 cm³/mol. The Morgan fingerprint density at radius 1 is 1.13 bits per heavy atom. The molecule has 76 valence electrons. The van der Waals surface area contributed by atoms with Crippen LogP contribution in [0.1, 0.15) is 21.2 Å². The van der Waals surface area contributed by atoms with Crippen molar-refractivity contribution in [3.63, 3.8) is 0 Å². The molecular weight excluding hydrogens is 200 g/mol. The van der Waals surface area contributed by atoms with Crippen LogP contribution < -0.4 is 0 Å². The molecule has 0 saturated carbocycles. The first-order chi connectivity index (χ1) is 7.31. The highest BCUT2D eigenvalue weighted by molar-refractivity contribution is 7.12. The molecule has 0 aliphatic heterocycles. The Labute approximate surface area is 94.9 Å². The SMILES string of the molecule is C=C[C@@H](c1ccccc1)c1ccc(C)s1. The maximum Gasteiger partial charge on any atom is 0.0361 e. The molecule has 0 aliphatic rings. The van der Waals surface area contributed by atoms with Crippen molar-refractivity contribution in [3.8, 4) is 0 Å². The minimum absolute atomic E-state index is 0.338. The standard InChI is InChI=1S/C14H14S/c1-3-13(12-7-5-4-6-8-12)14-10-9-11(2)15-14/h3-10,13H,1H2,2H3/t13-/m0/s1. The molecule has 0 aliphatic carbocycles. The van der Waals surface area contributed by atoms with Gasteiger partial charge >= 0.3 is 0 Å². The Hall–Kier alpha value is -1.34. The molecule has 0 amide bonds. The number of allylic oxidation sites excluding steroid dienone is 1. The normalized spacial score (nSPS) is 12.3. The summed E-state index contributed by atoms with van der Waals surface area (Å²) in [7, 11) is 0. The molecule has 1 heterocycles. The highest BCUT2D eigenvalue weighted by Crippen LogP contribution is 2.30. The number of thiophene rings is 1. The zero-order valence-corrected chi connectivity index (χ0v) is 9.63. The Kier molecular flexibility index (Phi) is 3.02. The lowest BCUT2D eigenvalue weighted by Crippen LogP contribution is -1.93. The van der Waals surface area contributed by atoms with Crippen LogP contribution in [0.5, 0.6) is 0 Å². The number of rotatable bonds is 3. The molecule has 0 saturated heterocycles. The van der Waals surface area contributed by atoms with Gasteiger partial charge in [0.25, 0.3) is 0 Å². The van der Waals surface area contributed by atoms with Gasteiger partial charge in [0.15, 0.2) is 0 Å². The summed E-state index contributed by atoms with van der Waals surface area (Å²) < 4.78 is 0. The van der Waals surface area contributed by atoms with E-state index < -0.39 is 0 Å². The second-order valence-electron chi connectivity index (χ2n) is 3.57. The van der Waals surface area contributed by atoms with Crippen molar-refractivity contribution >= 4 is 11.3 Å². The summed E-state index contributed by atoms with van der Waals surface area (Å²) in [5.41, 5.74) is 1.31. The topological polar surface area (TPSA) is 0 Å². The van der Waals surface area contributed by atoms with E-state index >= 15 is 0 Å². The largest absolute Gasteiger partial charge is 0.145 e. The summed E-state index contributed by atoms with van der Waals surface area (Å²) in [4.78, 5) is 2.72. The Morgan fingerprint density at radius 2 is 1.87 bits per heavy atom. The van der Waals surface area contributed by atoms with E-state index in [4.69, 9.17) is 0 Å². The summed E-state index contributed by atoms with van der Waals surface area (Å²) in [5, 5.41) is 0. The van der Waals surface area contributed by atoms with Crippen molar-refractivity contribution in [2.45, 2.75) is 12.8 Å². The third kappa shape index (κ3) is 2.18. The Balaban J connectivity index is 2.37. The fraction of sp³-hybridized carbons (Fsp3) is 0.143. The summed E-state index contributed by atoms with van der Waals surface area (Å²) >= 11 is 1.84. The molecule has 1 aromatic heterocycles. The lowest BCUT2D eigenvalue weighted by Gasteiger charge is -2.10. The first-order valence-electron chi connectivity index (χ1n) is 5.05. The van der Waals surface area contributed by atoms with Gasteiger partial charge in [-0.1, -0.05) is 36.4 Å². The molecule has 0 bridgehead atoms. The number of hydrogen-bond acceptors (Lipinski definition) is 1. The van der Waals surface area contributed by atoms with Gasteiger partial charge in [0, 0.05) is 15.7 Å². The van der Waals surface area contributed by atoms with E-state index in [9.17, 15) is 0 Å². The molecule has 0 radical (unpaired) electrons. The van der Waals surface area contributed by atoms with Gasteiger partial charge in [-0.2, -0.15) is 0 Å². The van der Waals surface area contributed by atoms with Gasteiger partial charge < -0.3 is 0 Å². The molecule has 2 aromatic rings. The van der Waals surface area contributed by atoms with Gasteiger partial charge in [-0.3, -0.25) is 0 Å². The molecule has 0 fully saturated rings. The van der Waals surface area contributed by atoms with Crippen LogP contribution in [-0.2, 0) is 0 Å². The highest BCUT2D eigenvalue weighted by atomic mass is 32.1. The van der Waals surface area contributed by atoms with Crippen LogP contribution in [-0.4, -0.2) is 0 Å². The summed E-state index contributed by atoms with van der Waals surface area (Å²) in [6, 6.07) is 14.9. The van der Waals surface area contributed by atoms with Crippen LogP contribution >= 0.6 is 11.3 Å². The molecule has 1 atom stereocenters. The van der Waals surface area contributed by atoms with Crippen molar-refractivity contribution in [2.75, 3.05) is 0 Å². The second kappa shape index (κ2) is 4.45. The van der Waals surface area contributed by atoms with E-state index in [1.807, 2.05) is 23.5 Å². The van der Waals surface area contributed by atoms with Crippen LogP contribution in [0.25, 0.3) is 0 Å². The molecule has 0 nitrogen and oxygen atoms in total. The van der Waals surface area contributed by atoms with Crippen LogP contribution in [0.2, 0.25) is 0 Å². The molecule has 1 aromatic carbocycles. The van der Waals surface area contributed by atoms with E-state index in [0.717, 1.165) is 0 Å². The third-order valence-electron chi connectivity index (χ3n) is 2.46. The molecular formula is C14H14S. The Morgan fingerprint density at radius 3 is 2.40 bits per heavy atom. The number of benzene rings is 1. The smallest absolute Gasteiger partial charge is 0.0361 e. The first kappa shape index (κ1) is 10.2. The minimum Gasteiger partial charge on any atom is -0.145 e. The van der Waals surface area contributed by atoms with Crippen LogP contribution in [0.15, 0.2) is 55.1 Å². The summed E-state index contributed by atoms with van der Waals surface area (Å²) in [6.07, 6.45) is 2.01. The van der Waals surface area contributed by atoms with Crippen LogP contribution in [0.3, 0.4) is 0 Å². The van der Waals surface area contributed by atoms with Gasteiger partial charge in [-0.25, -0.2) is 0 Å². The highest BCUT2D eigenvalue weighted by Gasteiger charge is 2.11. The molecule has 1 heteroatoms. The quantitative estimate of drug-likeness (QED) is 0.665. The number of hydrogen-bond donors (Lipinski definition) is 0. The van der Waals surface area contributed by atoms with Gasteiger partial charge in [0.05, 0.1) is 0 Å². The van der Waals surface area contributed by atoms with E-state index in [1.165, 1.54) is 15.3 Å². The van der Waals surface area contributed by atoms with Crippen LogP contribution in [0, 0.1) is 6.92 Å². The second-order valence-corrected chi connectivity index (χ2v) is 4.89. The molecule has 15 heavy (non-hydrogen) atoms. The van der Waals surface area contributed by atoms with E-state index in [1.54, 1.807) is 0 Å². The van der Waals surface area contributed by atoms with Gasteiger partial charge in [-0.15, -0.1) is 17.9 Å². The minimum atomic E-state index is 0.338.